The molecule has 7 heteroatoms. The molecule has 0 aromatic carbocycles. The fourth-order valence-corrected chi connectivity index (χ4v) is 1.88. The van der Waals surface area contributed by atoms with Crippen molar-refractivity contribution in [1.29, 1.82) is 0 Å². The van der Waals surface area contributed by atoms with Gasteiger partial charge in [0.15, 0.2) is 0 Å². The molecule has 7 nitrogen and oxygen atoms in total. The van der Waals surface area contributed by atoms with Gasteiger partial charge in [-0.1, -0.05) is 19.3 Å². The molecule has 1 saturated carbocycles. The quantitative estimate of drug-likeness (QED) is 0.594. The summed E-state index contributed by atoms with van der Waals surface area (Å²) >= 11 is 0. The van der Waals surface area contributed by atoms with Crippen molar-refractivity contribution in [1.82, 2.24) is 9.97 Å². The zero-order chi connectivity index (χ0) is 12.3. The summed E-state index contributed by atoms with van der Waals surface area (Å²) in [7, 11) is 0. The SMILES string of the molecule is Nc1ncnc(NCCC2CCC2)c1[N+](=O)[O-]. The molecule has 17 heavy (non-hydrogen) atoms. The van der Waals surface area contributed by atoms with Crippen molar-refractivity contribution in [3.05, 3.63) is 16.4 Å². The Balaban J connectivity index is 1.98. The summed E-state index contributed by atoms with van der Waals surface area (Å²) < 4.78 is 0. The molecule has 3 N–H and O–H groups in total. The maximum Gasteiger partial charge on any atom is 0.352 e. The van der Waals surface area contributed by atoms with E-state index in [0.717, 1.165) is 12.3 Å². The van der Waals surface area contributed by atoms with Crippen LogP contribution in [0.1, 0.15) is 25.7 Å². The van der Waals surface area contributed by atoms with Crippen molar-refractivity contribution in [2.24, 2.45) is 5.92 Å². The van der Waals surface area contributed by atoms with E-state index in [0.29, 0.717) is 6.54 Å². The number of nitrogens with two attached hydrogens (primary N) is 1. The van der Waals surface area contributed by atoms with Crippen molar-refractivity contribution in [2.45, 2.75) is 25.7 Å². The highest BCUT2D eigenvalue weighted by atomic mass is 16.6. The summed E-state index contributed by atoms with van der Waals surface area (Å²) in [6, 6.07) is 0. The Kier molecular flexibility index (Phi) is 3.36. The highest BCUT2D eigenvalue weighted by molar-refractivity contribution is 5.67. The molecule has 2 rings (SSSR count). The topological polar surface area (TPSA) is 107 Å². The predicted molar refractivity (Wildman–Crippen MR) is 63.5 cm³/mol. The lowest BCUT2D eigenvalue weighted by atomic mass is 9.83. The molecule has 1 aromatic heterocycles. The third-order valence-corrected chi connectivity index (χ3v) is 3.10. The van der Waals surface area contributed by atoms with E-state index in [1.807, 2.05) is 0 Å². The van der Waals surface area contributed by atoms with Crippen LogP contribution in [0.15, 0.2) is 6.33 Å². The highest BCUT2D eigenvalue weighted by Gasteiger charge is 2.21. The van der Waals surface area contributed by atoms with Crippen LogP contribution < -0.4 is 11.1 Å². The van der Waals surface area contributed by atoms with Crippen LogP contribution in [0.25, 0.3) is 0 Å². The summed E-state index contributed by atoms with van der Waals surface area (Å²) in [5.41, 5.74) is 5.22. The molecular weight excluding hydrogens is 222 g/mol. The van der Waals surface area contributed by atoms with E-state index in [1.165, 1.54) is 25.6 Å². The number of rotatable bonds is 5. The maximum absolute atomic E-state index is 10.8. The minimum Gasteiger partial charge on any atom is -0.378 e. The molecule has 0 radical (unpaired) electrons. The number of hydrogen-bond donors (Lipinski definition) is 2. The minimum absolute atomic E-state index is 0.101. The summed E-state index contributed by atoms with van der Waals surface area (Å²) in [5, 5.41) is 13.8. The largest absolute Gasteiger partial charge is 0.378 e. The van der Waals surface area contributed by atoms with E-state index in [1.54, 1.807) is 0 Å². The average molecular weight is 237 g/mol. The number of nitrogens with one attached hydrogen (secondary N) is 1. The van der Waals surface area contributed by atoms with E-state index in [9.17, 15) is 10.1 Å². The van der Waals surface area contributed by atoms with Crippen LogP contribution in [0.4, 0.5) is 17.3 Å². The Morgan fingerprint density at radius 2 is 2.29 bits per heavy atom. The summed E-state index contributed by atoms with van der Waals surface area (Å²) in [4.78, 5) is 17.7. The number of anilines is 2. The number of aromatic nitrogens is 2. The highest BCUT2D eigenvalue weighted by Crippen LogP contribution is 2.30. The van der Waals surface area contributed by atoms with Gasteiger partial charge < -0.3 is 11.1 Å². The molecule has 1 aliphatic rings. The van der Waals surface area contributed by atoms with Gasteiger partial charge in [0.25, 0.3) is 0 Å². The molecule has 1 aromatic rings. The molecule has 1 aliphatic carbocycles. The normalized spacial score (nSPS) is 15.3. The van der Waals surface area contributed by atoms with Crippen LogP contribution in [0.2, 0.25) is 0 Å². The number of hydrogen-bond acceptors (Lipinski definition) is 6. The zero-order valence-electron chi connectivity index (χ0n) is 9.43. The first kappa shape index (κ1) is 11.6. The van der Waals surface area contributed by atoms with Gasteiger partial charge in [0, 0.05) is 6.54 Å². The zero-order valence-corrected chi connectivity index (χ0v) is 9.43. The molecule has 0 spiro atoms. The maximum atomic E-state index is 10.8. The summed E-state index contributed by atoms with van der Waals surface area (Å²) in [6.45, 7) is 0.682. The van der Waals surface area contributed by atoms with E-state index < -0.39 is 4.92 Å². The van der Waals surface area contributed by atoms with Crippen LogP contribution in [-0.2, 0) is 0 Å². The molecular formula is C10H15N5O2. The van der Waals surface area contributed by atoms with Crippen molar-refractivity contribution in [3.63, 3.8) is 0 Å². The molecule has 1 heterocycles. The molecule has 0 bridgehead atoms. The number of nitro groups is 1. The lowest BCUT2D eigenvalue weighted by Gasteiger charge is -2.25. The molecule has 1 fully saturated rings. The van der Waals surface area contributed by atoms with Crippen LogP contribution in [0, 0.1) is 16.0 Å². The molecule has 0 saturated heterocycles. The second kappa shape index (κ2) is 4.94. The second-order valence-electron chi connectivity index (χ2n) is 4.23. The van der Waals surface area contributed by atoms with Crippen LogP contribution in [0.3, 0.4) is 0 Å². The average Bonchev–Trinajstić information content (AvgIpc) is 2.21. The van der Waals surface area contributed by atoms with Gasteiger partial charge >= 0.3 is 5.69 Å². The van der Waals surface area contributed by atoms with Crippen molar-refractivity contribution in [2.75, 3.05) is 17.6 Å². The molecule has 0 atom stereocenters. The first-order chi connectivity index (χ1) is 8.18. The fraction of sp³-hybridized carbons (Fsp3) is 0.600. The van der Waals surface area contributed by atoms with Gasteiger partial charge in [0.1, 0.15) is 6.33 Å². The lowest BCUT2D eigenvalue weighted by Crippen LogP contribution is -2.16. The molecule has 92 valence electrons. The van der Waals surface area contributed by atoms with Gasteiger partial charge in [-0.25, -0.2) is 9.97 Å². The first-order valence-corrected chi connectivity index (χ1v) is 5.67. The molecule has 0 aliphatic heterocycles. The van der Waals surface area contributed by atoms with Gasteiger partial charge in [-0.3, -0.25) is 10.1 Å². The minimum atomic E-state index is -0.555. The fourth-order valence-electron chi connectivity index (χ4n) is 1.88. The van der Waals surface area contributed by atoms with Crippen LogP contribution >= 0.6 is 0 Å². The Morgan fingerprint density at radius 3 is 2.88 bits per heavy atom. The molecule has 0 unspecified atom stereocenters. The van der Waals surface area contributed by atoms with Crippen molar-refractivity contribution < 1.29 is 4.92 Å². The summed E-state index contributed by atoms with van der Waals surface area (Å²) in [6.07, 6.45) is 6.06. The number of nitrogen functional groups attached to an aromatic ring is 1. The first-order valence-electron chi connectivity index (χ1n) is 5.67. The Morgan fingerprint density at radius 1 is 1.53 bits per heavy atom. The number of nitrogens with zero attached hydrogens (tertiary/aromatic N) is 3. The third-order valence-electron chi connectivity index (χ3n) is 3.10. The van der Waals surface area contributed by atoms with E-state index >= 15 is 0 Å². The monoisotopic (exact) mass is 237 g/mol. The standard InChI is InChI=1S/C10H15N5O2/c11-9-8(15(16)17)10(14-6-13-9)12-5-4-7-2-1-3-7/h6-7H,1-5H2,(H3,11,12,13,14). The smallest absolute Gasteiger partial charge is 0.352 e. The Labute approximate surface area is 98.6 Å². The second-order valence-corrected chi connectivity index (χ2v) is 4.23. The molecule has 0 amide bonds. The van der Waals surface area contributed by atoms with E-state index in [-0.39, 0.29) is 17.3 Å². The third kappa shape index (κ3) is 2.61. The van der Waals surface area contributed by atoms with Crippen LogP contribution in [0.5, 0.6) is 0 Å². The van der Waals surface area contributed by atoms with Gasteiger partial charge in [0.2, 0.25) is 11.6 Å². The van der Waals surface area contributed by atoms with Crippen molar-refractivity contribution >= 4 is 17.3 Å². The van der Waals surface area contributed by atoms with Gasteiger partial charge in [0.05, 0.1) is 4.92 Å². The van der Waals surface area contributed by atoms with Gasteiger partial charge in [-0.05, 0) is 12.3 Å². The summed E-state index contributed by atoms with van der Waals surface area (Å²) in [5.74, 6) is 0.860. The van der Waals surface area contributed by atoms with E-state index in [2.05, 4.69) is 15.3 Å². The Hall–Kier alpha value is -1.92. The van der Waals surface area contributed by atoms with Gasteiger partial charge in [-0.2, -0.15) is 0 Å². The predicted octanol–water partition coefficient (Wildman–Crippen LogP) is 1.57. The van der Waals surface area contributed by atoms with Crippen LogP contribution in [-0.4, -0.2) is 21.4 Å². The van der Waals surface area contributed by atoms with Crippen molar-refractivity contribution in [3.8, 4) is 0 Å². The lowest BCUT2D eigenvalue weighted by molar-refractivity contribution is -0.383. The van der Waals surface area contributed by atoms with Gasteiger partial charge in [-0.15, -0.1) is 0 Å². The Bertz CT molecular complexity index is 419. The van der Waals surface area contributed by atoms with E-state index in [4.69, 9.17) is 5.73 Å².